The van der Waals surface area contributed by atoms with Crippen LogP contribution in [0.5, 0.6) is 0 Å². The molecule has 1 N–H and O–H groups in total. The van der Waals surface area contributed by atoms with Gasteiger partial charge in [0.05, 0.1) is 28.0 Å². The number of anilines is 1. The molecule has 1 amide bonds. The van der Waals surface area contributed by atoms with Crippen LogP contribution in [0.4, 0.5) is 5.82 Å². The van der Waals surface area contributed by atoms with E-state index in [0.29, 0.717) is 12.1 Å². The van der Waals surface area contributed by atoms with Crippen LogP contribution in [0.15, 0.2) is 55.0 Å². The average molecular weight is 510 g/mol. The second-order valence-electron chi connectivity index (χ2n) is 9.43. The number of pyridine rings is 2. The monoisotopic (exact) mass is 509 g/mol. The van der Waals surface area contributed by atoms with Crippen LogP contribution in [-0.2, 0) is 26.6 Å². The molecule has 0 saturated heterocycles. The minimum atomic E-state index is -0.147. The summed E-state index contributed by atoms with van der Waals surface area (Å²) < 4.78 is 2.95. The summed E-state index contributed by atoms with van der Waals surface area (Å²) in [4.78, 5) is 29.1. The van der Waals surface area contributed by atoms with E-state index in [9.17, 15) is 4.79 Å². The minimum Gasteiger partial charge on any atom is -0.352 e. The summed E-state index contributed by atoms with van der Waals surface area (Å²) in [7, 11) is 1.93. The lowest BCUT2D eigenvalue weighted by Crippen LogP contribution is -2.32. The van der Waals surface area contributed by atoms with Crippen molar-refractivity contribution < 1.29 is 4.79 Å². The first-order valence-corrected chi connectivity index (χ1v) is 13.1. The number of nitrogens with zero attached hydrogens (tertiary/aromatic N) is 6. The highest BCUT2D eigenvalue weighted by atomic mass is 32.1. The Morgan fingerprint density at radius 3 is 2.78 bits per heavy atom. The summed E-state index contributed by atoms with van der Waals surface area (Å²) in [6, 6.07) is 12.1. The van der Waals surface area contributed by atoms with Gasteiger partial charge in [0.15, 0.2) is 0 Å². The third-order valence-corrected chi connectivity index (χ3v) is 7.75. The Labute approximate surface area is 219 Å². The van der Waals surface area contributed by atoms with Crippen molar-refractivity contribution in [2.45, 2.75) is 33.4 Å². The largest absolute Gasteiger partial charge is 0.352 e. The Morgan fingerprint density at radius 1 is 1.14 bits per heavy atom. The molecule has 0 bridgehead atoms. The van der Waals surface area contributed by atoms with Crippen LogP contribution in [0.1, 0.15) is 37.9 Å². The minimum absolute atomic E-state index is 0.147. The Balaban J connectivity index is 1.16. The molecule has 37 heavy (non-hydrogen) atoms. The molecule has 0 spiro atoms. The highest BCUT2D eigenvalue weighted by Crippen LogP contribution is 2.29. The normalized spacial score (nSPS) is 13.1. The molecule has 1 aliphatic heterocycles. The lowest BCUT2D eigenvalue weighted by Gasteiger charge is -2.30. The summed E-state index contributed by atoms with van der Waals surface area (Å²) in [5.74, 6) is 0.752. The third kappa shape index (κ3) is 4.58. The van der Waals surface area contributed by atoms with Gasteiger partial charge in [-0.3, -0.25) is 14.5 Å². The Bertz CT molecular complexity index is 1600. The number of benzene rings is 1. The number of aryl methyl sites for hydroxylation is 3. The molecule has 0 saturated carbocycles. The molecule has 0 aliphatic carbocycles. The lowest BCUT2D eigenvalue weighted by atomic mass is 10.0. The summed E-state index contributed by atoms with van der Waals surface area (Å²) in [6.45, 7) is 5.99. The van der Waals surface area contributed by atoms with E-state index in [1.54, 1.807) is 17.5 Å². The van der Waals surface area contributed by atoms with Gasteiger partial charge in [0, 0.05) is 62.0 Å². The predicted octanol–water partition coefficient (Wildman–Crippen LogP) is 4.60. The van der Waals surface area contributed by atoms with Gasteiger partial charge in [-0.2, -0.15) is 5.10 Å². The molecule has 1 aliphatic rings. The van der Waals surface area contributed by atoms with Crippen LogP contribution in [0, 0.1) is 13.8 Å². The van der Waals surface area contributed by atoms with Crippen molar-refractivity contribution in [1.29, 1.82) is 0 Å². The Hall–Kier alpha value is -4.11. The molecule has 5 aromatic rings. The predicted molar refractivity (Wildman–Crippen MR) is 146 cm³/mol. The number of nitrogens with one attached hydrogen (secondary N) is 1. The van der Waals surface area contributed by atoms with Gasteiger partial charge in [-0.15, -0.1) is 11.3 Å². The van der Waals surface area contributed by atoms with E-state index in [-0.39, 0.29) is 5.91 Å². The molecule has 4 aromatic heterocycles. The van der Waals surface area contributed by atoms with Crippen molar-refractivity contribution in [3.63, 3.8) is 0 Å². The number of thiazole rings is 1. The number of hydrogen-bond donors (Lipinski definition) is 1. The number of carbonyl (C=O) groups excluding carboxylic acids is 1. The van der Waals surface area contributed by atoms with Crippen LogP contribution < -0.4 is 10.2 Å². The first kappa shape index (κ1) is 23.3. The van der Waals surface area contributed by atoms with Gasteiger partial charge in [0.1, 0.15) is 10.8 Å². The van der Waals surface area contributed by atoms with E-state index in [0.717, 1.165) is 68.6 Å². The molecule has 8 nitrogen and oxygen atoms in total. The average Bonchev–Trinajstić information content (AvgIpc) is 3.48. The van der Waals surface area contributed by atoms with Gasteiger partial charge >= 0.3 is 0 Å². The maximum atomic E-state index is 12.8. The fourth-order valence-corrected chi connectivity index (χ4v) is 5.82. The highest BCUT2D eigenvalue weighted by molar-refractivity contribution is 7.18. The van der Waals surface area contributed by atoms with Crippen molar-refractivity contribution in [2.75, 3.05) is 11.4 Å². The van der Waals surface area contributed by atoms with Gasteiger partial charge in [0.2, 0.25) is 0 Å². The molecular weight excluding hydrogens is 482 g/mol. The number of carbonyl (C=O) groups is 1. The molecule has 5 heterocycles. The zero-order valence-electron chi connectivity index (χ0n) is 21.0. The molecule has 6 rings (SSSR count). The fourth-order valence-electron chi connectivity index (χ4n) is 4.91. The van der Waals surface area contributed by atoms with E-state index >= 15 is 0 Å². The third-order valence-electron chi connectivity index (χ3n) is 6.71. The van der Waals surface area contributed by atoms with Crippen molar-refractivity contribution in [2.24, 2.45) is 7.05 Å². The maximum absolute atomic E-state index is 12.8. The molecule has 9 heteroatoms. The zero-order chi connectivity index (χ0) is 25.5. The first-order chi connectivity index (χ1) is 17.9. The van der Waals surface area contributed by atoms with Crippen LogP contribution in [-0.4, -0.2) is 37.2 Å². The van der Waals surface area contributed by atoms with Crippen molar-refractivity contribution in [3.05, 3.63) is 88.1 Å². The Morgan fingerprint density at radius 2 is 2.00 bits per heavy atom. The van der Waals surface area contributed by atoms with Crippen LogP contribution in [0.2, 0.25) is 0 Å². The smallest absolute Gasteiger partial charge is 0.253 e. The quantitative estimate of drug-likeness (QED) is 0.373. The van der Waals surface area contributed by atoms with E-state index in [4.69, 9.17) is 9.97 Å². The topological polar surface area (TPSA) is 88.8 Å². The summed E-state index contributed by atoms with van der Waals surface area (Å²) in [5.41, 5.74) is 7.99. The second-order valence-corrected chi connectivity index (χ2v) is 10.5. The lowest BCUT2D eigenvalue weighted by molar-refractivity contribution is 0.0950. The van der Waals surface area contributed by atoms with Crippen molar-refractivity contribution >= 4 is 33.3 Å². The van der Waals surface area contributed by atoms with E-state index < -0.39 is 0 Å². The Kier molecular flexibility index (Phi) is 5.92. The van der Waals surface area contributed by atoms with Gasteiger partial charge < -0.3 is 10.2 Å². The van der Waals surface area contributed by atoms with Crippen molar-refractivity contribution in [3.8, 4) is 11.1 Å². The molecule has 0 fully saturated rings. The van der Waals surface area contributed by atoms with E-state index in [2.05, 4.69) is 26.4 Å². The van der Waals surface area contributed by atoms with Crippen LogP contribution in [0.25, 0.3) is 21.3 Å². The number of amides is 1. The van der Waals surface area contributed by atoms with Gasteiger partial charge in [0.25, 0.3) is 5.91 Å². The molecule has 0 unspecified atom stereocenters. The molecule has 0 atom stereocenters. The zero-order valence-corrected chi connectivity index (χ0v) is 21.8. The molecule has 1 aromatic carbocycles. The second kappa shape index (κ2) is 9.40. The molecular formula is C28H27N7OS. The van der Waals surface area contributed by atoms with Crippen LogP contribution in [0.3, 0.4) is 0 Å². The van der Waals surface area contributed by atoms with E-state index in [1.807, 2.05) is 68.3 Å². The summed E-state index contributed by atoms with van der Waals surface area (Å²) in [5, 5.41) is 8.34. The fraction of sp³-hybridized carbons (Fsp3) is 0.250. The van der Waals surface area contributed by atoms with Gasteiger partial charge in [-0.05, 0) is 49.2 Å². The standard InChI is InChI=1S/C28H27N7OS/c1-17-10-20(28(36)31-14-26-32-24-6-4-5-7-25(24)37-26)13-30-27(17)35-9-8-23-21(15-35)11-19(12-29-23)22-16-34(3)33-18(22)2/h4-7,10-13,16H,8-9,14-15H2,1-3H3,(H,31,36). The highest BCUT2D eigenvalue weighted by Gasteiger charge is 2.22. The summed E-state index contributed by atoms with van der Waals surface area (Å²) >= 11 is 1.60. The van der Waals surface area contributed by atoms with E-state index in [1.165, 1.54) is 5.56 Å². The number of hydrogen-bond acceptors (Lipinski definition) is 7. The van der Waals surface area contributed by atoms with Gasteiger partial charge in [-0.1, -0.05) is 12.1 Å². The maximum Gasteiger partial charge on any atom is 0.253 e. The van der Waals surface area contributed by atoms with Gasteiger partial charge in [-0.25, -0.2) is 9.97 Å². The number of aromatic nitrogens is 5. The first-order valence-electron chi connectivity index (χ1n) is 12.3. The van der Waals surface area contributed by atoms with Crippen LogP contribution >= 0.6 is 11.3 Å². The SMILES string of the molecule is Cc1cc(C(=O)NCc2nc3ccccc3s2)cnc1N1CCc2ncc(-c3cn(C)nc3C)cc2C1. The summed E-state index contributed by atoms with van der Waals surface area (Å²) in [6.07, 6.45) is 6.50. The van der Waals surface area contributed by atoms with Crippen molar-refractivity contribution in [1.82, 2.24) is 30.0 Å². The number of fused-ring (bicyclic) bond motifs is 2. The molecule has 186 valence electrons. The number of rotatable bonds is 5. The number of para-hydroxylation sites is 1. The molecule has 0 radical (unpaired) electrons.